The Balaban J connectivity index is 3.06. The topological polar surface area (TPSA) is 24.7 Å². The van der Waals surface area contributed by atoms with E-state index in [4.69, 9.17) is 11.6 Å². The van der Waals surface area contributed by atoms with Gasteiger partial charge in [-0.2, -0.15) is 0 Å². The van der Waals surface area contributed by atoms with Gasteiger partial charge in [-0.25, -0.2) is 9.98 Å². The fraction of sp³-hybridized carbons (Fsp3) is 0.0909. The number of hydrogen-bond donors (Lipinski definition) is 0. The van der Waals surface area contributed by atoms with Crippen LogP contribution in [0.2, 0.25) is 5.02 Å². The zero-order chi connectivity index (χ0) is 10.4. The van der Waals surface area contributed by atoms with Gasteiger partial charge in [0.2, 0.25) is 0 Å². The molecule has 0 bridgehead atoms. The van der Waals surface area contributed by atoms with E-state index in [1.165, 1.54) is 0 Å². The molecule has 0 radical (unpaired) electrons. The Kier molecular flexibility index (Phi) is 4.08. The third-order valence-corrected chi connectivity index (χ3v) is 1.81. The molecule has 1 aromatic carbocycles. The number of nitrogens with zero attached hydrogens (tertiary/aromatic N) is 2. The molecule has 72 valence electrons. The zero-order valence-corrected chi connectivity index (χ0v) is 8.70. The van der Waals surface area contributed by atoms with Crippen LogP contribution in [0, 0.1) is 0 Å². The number of benzene rings is 1. The number of amidine groups is 1. The Labute approximate surface area is 88.7 Å². The Morgan fingerprint density at radius 1 is 1.50 bits per heavy atom. The molecule has 0 N–H and O–H groups in total. The normalized spacial score (nSPS) is 12.0. The molecule has 0 atom stereocenters. The van der Waals surface area contributed by atoms with Crippen LogP contribution < -0.4 is 0 Å². The highest BCUT2D eigenvalue weighted by atomic mass is 35.5. The first-order valence-electron chi connectivity index (χ1n) is 4.19. The van der Waals surface area contributed by atoms with E-state index in [0.29, 0.717) is 10.9 Å². The standard InChI is InChI=1S/C11H11ClN2/c1-3-7-14-11(13-2)9-5-4-6-10(12)8-9/h3-8H,2H2,1H3/b7-3-,14-11-. The highest BCUT2D eigenvalue weighted by Gasteiger charge is 1.99. The molecule has 2 nitrogen and oxygen atoms in total. The number of aliphatic imine (C=N–C) groups is 2. The molecule has 0 aliphatic heterocycles. The highest BCUT2D eigenvalue weighted by Crippen LogP contribution is 2.12. The van der Waals surface area contributed by atoms with Crippen molar-refractivity contribution in [1.82, 2.24) is 0 Å². The van der Waals surface area contributed by atoms with E-state index in [9.17, 15) is 0 Å². The fourth-order valence-electron chi connectivity index (χ4n) is 0.979. The van der Waals surface area contributed by atoms with E-state index in [0.717, 1.165) is 5.56 Å². The smallest absolute Gasteiger partial charge is 0.158 e. The molecule has 14 heavy (non-hydrogen) atoms. The minimum Gasteiger partial charge on any atom is -0.245 e. The van der Waals surface area contributed by atoms with Gasteiger partial charge in [0.1, 0.15) is 0 Å². The lowest BCUT2D eigenvalue weighted by Gasteiger charge is -1.99. The lowest BCUT2D eigenvalue weighted by molar-refractivity contribution is 1.45. The monoisotopic (exact) mass is 206 g/mol. The Hall–Kier alpha value is -1.41. The van der Waals surface area contributed by atoms with Gasteiger partial charge in [-0.05, 0) is 25.8 Å². The van der Waals surface area contributed by atoms with Gasteiger partial charge in [-0.3, -0.25) is 0 Å². The molecule has 1 rings (SSSR count). The van der Waals surface area contributed by atoms with Crippen molar-refractivity contribution >= 4 is 24.2 Å². The third kappa shape index (κ3) is 2.82. The van der Waals surface area contributed by atoms with Crippen LogP contribution >= 0.6 is 11.6 Å². The molecule has 0 heterocycles. The van der Waals surface area contributed by atoms with E-state index in [2.05, 4.69) is 16.7 Å². The molecule has 3 heteroatoms. The van der Waals surface area contributed by atoms with Crippen molar-refractivity contribution < 1.29 is 0 Å². The summed E-state index contributed by atoms with van der Waals surface area (Å²) >= 11 is 5.84. The molecule has 1 aromatic rings. The van der Waals surface area contributed by atoms with Crippen LogP contribution in [0.3, 0.4) is 0 Å². The molecular formula is C11H11ClN2. The third-order valence-electron chi connectivity index (χ3n) is 1.58. The van der Waals surface area contributed by atoms with E-state index in [1.54, 1.807) is 18.3 Å². The fourth-order valence-corrected chi connectivity index (χ4v) is 1.17. The molecule has 0 amide bonds. The van der Waals surface area contributed by atoms with Crippen LogP contribution in [0.5, 0.6) is 0 Å². The number of halogens is 1. The Morgan fingerprint density at radius 2 is 2.29 bits per heavy atom. The van der Waals surface area contributed by atoms with Crippen molar-refractivity contribution in [2.24, 2.45) is 9.98 Å². The average molecular weight is 207 g/mol. The second-order valence-electron chi connectivity index (χ2n) is 2.60. The number of hydrogen-bond acceptors (Lipinski definition) is 1. The largest absolute Gasteiger partial charge is 0.245 e. The zero-order valence-electron chi connectivity index (χ0n) is 7.94. The maximum Gasteiger partial charge on any atom is 0.158 e. The quantitative estimate of drug-likeness (QED) is 0.524. The van der Waals surface area contributed by atoms with Crippen LogP contribution in [-0.4, -0.2) is 12.6 Å². The summed E-state index contributed by atoms with van der Waals surface area (Å²) in [6, 6.07) is 7.36. The molecular weight excluding hydrogens is 196 g/mol. The van der Waals surface area contributed by atoms with Crippen LogP contribution in [0.25, 0.3) is 0 Å². The van der Waals surface area contributed by atoms with Crippen LogP contribution in [-0.2, 0) is 0 Å². The molecule has 0 spiro atoms. The second-order valence-corrected chi connectivity index (χ2v) is 3.04. The van der Waals surface area contributed by atoms with Crippen LogP contribution in [0.4, 0.5) is 0 Å². The van der Waals surface area contributed by atoms with E-state index in [-0.39, 0.29) is 0 Å². The van der Waals surface area contributed by atoms with Crippen molar-refractivity contribution in [2.45, 2.75) is 6.92 Å². The molecule has 0 aromatic heterocycles. The molecule has 0 aliphatic carbocycles. The minimum absolute atomic E-state index is 0.575. The first-order valence-corrected chi connectivity index (χ1v) is 4.57. The predicted octanol–water partition coefficient (Wildman–Crippen LogP) is 3.32. The van der Waals surface area contributed by atoms with Gasteiger partial charge in [0.05, 0.1) is 0 Å². The van der Waals surface area contributed by atoms with Gasteiger partial charge in [0, 0.05) is 16.8 Å². The summed E-state index contributed by atoms with van der Waals surface area (Å²) in [7, 11) is 0. The maximum atomic E-state index is 5.84. The summed E-state index contributed by atoms with van der Waals surface area (Å²) in [5, 5.41) is 0.666. The van der Waals surface area contributed by atoms with Gasteiger partial charge in [0.25, 0.3) is 0 Å². The van der Waals surface area contributed by atoms with E-state index >= 15 is 0 Å². The first-order chi connectivity index (χ1) is 6.77. The SMILES string of the molecule is C=N/C(=N\C=C/C)c1cccc(Cl)c1. The molecule has 0 fully saturated rings. The molecule has 0 saturated carbocycles. The number of allylic oxidation sites excluding steroid dienone is 1. The Bertz CT molecular complexity index is 381. The van der Waals surface area contributed by atoms with Gasteiger partial charge in [0.15, 0.2) is 5.84 Å². The lowest BCUT2D eigenvalue weighted by Crippen LogP contribution is -1.94. The van der Waals surface area contributed by atoms with Crippen molar-refractivity contribution in [2.75, 3.05) is 0 Å². The summed E-state index contributed by atoms with van der Waals surface area (Å²) in [4.78, 5) is 7.95. The van der Waals surface area contributed by atoms with Crippen LogP contribution in [0.15, 0.2) is 46.5 Å². The minimum atomic E-state index is 0.575. The summed E-state index contributed by atoms with van der Waals surface area (Å²) in [5.41, 5.74) is 0.866. The van der Waals surface area contributed by atoms with Crippen molar-refractivity contribution in [3.8, 4) is 0 Å². The first kappa shape index (κ1) is 10.7. The summed E-state index contributed by atoms with van der Waals surface area (Å²) in [5.74, 6) is 0.575. The summed E-state index contributed by atoms with van der Waals surface area (Å²) in [6.07, 6.45) is 3.50. The van der Waals surface area contributed by atoms with Crippen molar-refractivity contribution in [1.29, 1.82) is 0 Å². The lowest BCUT2D eigenvalue weighted by atomic mass is 10.2. The Morgan fingerprint density at radius 3 is 2.86 bits per heavy atom. The number of rotatable bonds is 2. The molecule has 0 unspecified atom stereocenters. The van der Waals surface area contributed by atoms with Crippen molar-refractivity contribution in [3.05, 3.63) is 47.1 Å². The van der Waals surface area contributed by atoms with Crippen molar-refractivity contribution in [3.63, 3.8) is 0 Å². The van der Waals surface area contributed by atoms with E-state index in [1.807, 2.05) is 25.1 Å². The van der Waals surface area contributed by atoms with Gasteiger partial charge >= 0.3 is 0 Å². The molecule has 0 saturated heterocycles. The highest BCUT2D eigenvalue weighted by molar-refractivity contribution is 6.31. The van der Waals surface area contributed by atoms with E-state index < -0.39 is 0 Å². The summed E-state index contributed by atoms with van der Waals surface area (Å²) < 4.78 is 0. The average Bonchev–Trinajstić information content (AvgIpc) is 2.19. The van der Waals surface area contributed by atoms with Gasteiger partial charge < -0.3 is 0 Å². The molecule has 0 aliphatic rings. The predicted molar refractivity (Wildman–Crippen MR) is 62.4 cm³/mol. The van der Waals surface area contributed by atoms with Gasteiger partial charge in [-0.15, -0.1) is 0 Å². The van der Waals surface area contributed by atoms with Gasteiger partial charge in [-0.1, -0.05) is 29.8 Å². The second kappa shape index (κ2) is 5.35. The maximum absolute atomic E-state index is 5.84. The summed E-state index contributed by atoms with van der Waals surface area (Å²) in [6.45, 7) is 5.35. The van der Waals surface area contributed by atoms with Crippen LogP contribution in [0.1, 0.15) is 12.5 Å².